The van der Waals surface area contributed by atoms with Gasteiger partial charge in [-0.05, 0) is 18.9 Å². The lowest BCUT2D eigenvalue weighted by Gasteiger charge is -2.30. The third-order valence-corrected chi connectivity index (χ3v) is 6.56. The molecule has 1 aliphatic carbocycles. The van der Waals surface area contributed by atoms with E-state index in [0.717, 1.165) is 9.87 Å². The molecule has 2 N–H and O–H groups in total. The summed E-state index contributed by atoms with van der Waals surface area (Å²) in [7, 11) is -3.85. The van der Waals surface area contributed by atoms with Crippen molar-refractivity contribution in [3.05, 3.63) is 48.4 Å². The van der Waals surface area contributed by atoms with Crippen molar-refractivity contribution in [1.82, 2.24) is 14.3 Å². The van der Waals surface area contributed by atoms with E-state index in [9.17, 15) is 17.2 Å². The van der Waals surface area contributed by atoms with Crippen LogP contribution < -0.4 is 5.14 Å². The van der Waals surface area contributed by atoms with E-state index in [-0.39, 0.29) is 31.8 Å². The maximum absolute atomic E-state index is 14.7. The first-order valence-electron chi connectivity index (χ1n) is 8.30. The van der Waals surface area contributed by atoms with Gasteiger partial charge in [0.25, 0.3) is 16.1 Å². The molecule has 1 aromatic heterocycles. The zero-order chi connectivity index (χ0) is 18.6. The van der Waals surface area contributed by atoms with Gasteiger partial charge in [0.05, 0.1) is 17.0 Å². The number of nitrogens with two attached hydrogens (primary N) is 1. The summed E-state index contributed by atoms with van der Waals surface area (Å²) in [6, 6.07) is 11.0. The molecule has 1 unspecified atom stereocenters. The van der Waals surface area contributed by atoms with Crippen LogP contribution in [0.2, 0.25) is 0 Å². The maximum atomic E-state index is 14.7. The second kappa shape index (κ2) is 5.77. The number of alkyl halides is 2. The molecule has 1 spiro atoms. The molecule has 1 saturated carbocycles. The minimum atomic E-state index is -3.85. The Morgan fingerprint density at radius 3 is 2.38 bits per heavy atom. The van der Waals surface area contributed by atoms with Crippen LogP contribution in [0.5, 0.6) is 0 Å². The molecule has 4 rings (SSSR count). The largest absolute Gasteiger partial charge is 0.276 e. The van der Waals surface area contributed by atoms with Crippen molar-refractivity contribution in [1.29, 1.82) is 0 Å². The molecule has 6 nitrogen and oxygen atoms in total. The lowest BCUT2D eigenvalue weighted by molar-refractivity contribution is 0.0411. The summed E-state index contributed by atoms with van der Waals surface area (Å²) in [5, 5.41) is 5.10. The molecular weight excluding hydrogens is 362 g/mol. The quantitative estimate of drug-likeness (QED) is 0.884. The molecule has 26 heavy (non-hydrogen) atoms. The minimum absolute atomic E-state index is 0.0106. The monoisotopic (exact) mass is 380 g/mol. The molecule has 1 saturated heterocycles. The van der Waals surface area contributed by atoms with Gasteiger partial charge in [0.1, 0.15) is 5.82 Å². The molecule has 0 bridgehead atoms. The Hall–Kier alpha value is -1.97. The van der Waals surface area contributed by atoms with Gasteiger partial charge in [-0.3, -0.25) is 0 Å². The summed E-state index contributed by atoms with van der Waals surface area (Å²) < 4.78 is 53.3. The lowest BCUT2D eigenvalue weighted by Crippen LogP contribution is -2.43. The van der Waals surface area contributed by atoms with E-state index in [0.29, 0.717) is 5.69 Å². The zero-order valence-corrected chi connectivity index (χ0v) is 14.7. The Labute approximate surface area is 150 Å². The molecule has 0 amide bonds. The third-order valence-electron chi connectivity index (χ3n) is 5.47. The van der Waals surface area contributed by atoms with Gasteiger partial charge < -0.3 is 0 Å². The van der Waals surface area contributed by atoms with E-state index in [4.69, 9.17) is 5.14 Å². The van der Waals surface area contributed by atoms with Crippen molar-refractivity contribution < 1.29 is 17.2 Å². The fraction of sp³-hybridized carbons (Fsp3) is 0.412. The van der Waals surface area contributed by atoms with Crippen LogP contribution in [0.25, 0.3) is 11.3 Å². The van der Waals surface area contributed by atoms with Crippen LogP contribution in [-0.2, 0) is 10.2 Å². The highest BCUT2D eigenvalue weighted by molar-refractivity contribution is 7.86. The standard InChI is InChI=1S/C17H18F2N4O2S/c18-17(19)14(16(17)7-10-23(11-8-16)26(20,24)25)15-21-9-6-13(22-15)12-4-2-1-3-5-12/h1-6,9,14H,7-8,10-11H2,(H2,20,24,25). The van der Waals surface area contributed by atoms with Crippen molar-refractivity contribution in [2.75, 3.05) is 13.1 Å². The number of hydrogen-bond acceptors (Lipinski definition) is 4. The summed E-state index contributed by atoms with van der Waals surface area (Å²) in [4.78, 5) is 8.46. The second-order valence-corrected chi connectivity index (χ2v) is 8.37. The van der Waals surface area contributed by atoms with Crippen LogP contribution in [0.3, 0.4) is 0 Å². The van der Waals surface area contributed by atoms with E-state index in [1.807, 2.05) is 30.3 Å². The molecule has 2 aromatic rings. The Morgan fingerprint density at radius 1 is 1.12 bits per heavy atom. The molecule has 138 valence electrons. The Morgan fingerprint density at radius 2 is 1.77 bits per heavy atom. The third kappa shape index (κ3) is 2.62. The number of hydrogen-bond donors (Lipinski definition) is 1. The van der Waals surface area contributed by atoms with Gasteiger partial charge in [-0.2, -0.15) is 12.7 Å². The van der Waals surface area contributed by atoms with Gasteiger partial charge in [-0.25, -0.2) is 23.9 Å². The summed E-state index contributed by atoms with van der Waals surface area (Å²) in [5.74, 6) is -3.94. The van der Waals surface area contributed by atoms with Crippen LogP contribution >= 0.6 is 0 Å². The molecule has 2 heterocycles. The van der Waals surface area contributed by atoms with Crippen LogP contribution in [-0.4, -0.2) is 41.7 Å². The van der Waals surface area contributed by atoms with Crippen LogP contribution in [0.4, 0.5) is 8.78 Å². The fourth-order valence-corrected chi connectivity index (χ4v) is 4.65. The van der Waals surface area contributed by atoms with Gasteiger partial charge in [0.15, 0.2) is 0 Å². The number of aromatic nitrogens is 2. The first-order valence-corrected chi connectivity index (χ1v) is 9.80. The van der Waals surface area contributed by atoms with Crippen molar-refractivity contribution in [2.45, 2.75) is 24.7 Å². The van der Waals surface area contributed by atoms with Gasteiger partial charge in [-0.15, -0.1) is 0 Å². The first-order chi connectivity index (χ1) is 12.3. The predicted octanol–water partition coefficient (Wildman–Crippen LogP) is 2.16. The number of nitrogens with zero attached hydrogens (tertiary/aromatic N) is 3. The Bertz CT molecular complexity index is 929. The summed E-state index contributed by atoms with van der Waals surface area (Å²) >= 11 is 0. The molecule has 1 aromatic carbocycles. The maximum Gasteiger partial charge on any atom is 0.276 e. The molecule has 2 fully saturated rings. The van der Waals surface area contributed by atoms with Crippen molar-refractivity contribution >= 4 is 10.2 Å². The van der Waals surface area contributed by atoms with Gasteiger partial charge >= 0.3 is 0 Å². The van der Waals surface area contributed by atoms with E-state index >= 15 is 0 Å². The summed E-state index contributed by atoms with van der Waals surface area (Å²) in [6.45, 7) is -0.0212. The highest BCUT2D eigenvalue weighted by atomic mass is 32.2. The topological polar surface area (TPSA) is 89.2 Å². The molecular formula is C17H18F2N4O2S. The highest BCUT2D eigenvalue weighted by Gasteiger charge is 2.81. The lowest BCUT2D eigenvalue weighted by atomic mass is 9.91. The highest BCUT2D eigenvalue weighted by Crippen LogP contribution is 2.74. The van der Waals surface area contributed by atoms with Gasteiger partial charge in [0, 0.05) is 24.8 Å². The molecule has 1 aliphatic heterocycles. The number of rotatable bonds is 3. The minimum Gasteiger partial charge on any atom is -0.241 e. The Balaban J connectivity index is 1.61. The molecule has 9 heteroatoms. The average Bonchev–Trinajstić information content (AvgIpc) is 3.09. The molecule has 2 aliphatic rings. The van der Waals surface area contributed by atoms with Crippen LogP contribution in [0.15, 0.2) is 42.6 Å². The SMILES string of the molecule is NS(=O)(=O)N1CCC2(CC1)C(c1nccc(-c3ccccc3)n1)C2(F)F. The van der Waals surface area contributed by atoms with Crippen molar-refractivity contribution in [3.63, 3.8) is 0 Å². The predicted molar refractivity (Wildman–Crippen MR) is 91.5 cm³/mol. The molecule has 0 radical (unpaired) electrons. The summed E-state index contributed by atoms with van der Waals surface area (Å²) in [6.07, 6.45) is 1.58. The smallest absolute Gasteiger partial charge is 0.241 e. The second-order valence-electron chi connectivity index (χ2n) is 6.82. The van der Waals surface area contributed by atoms with Crippen molar-refractivity contribution in [3.8, 4) is 11.3 Å². The zero-order valence-electron chi connectivity index (χ0n) is 13.8. The summed E-state index contributed by atoms with van der Waals surface area (Å²) in [5.41, 5.74) is 0.136. The number of halogens is 2. The van der Waals surface area contributed by atoms with E-state index in [1.165, 1.54) is 6.20 Å². The number of benzene rings is 1. The number of piperidine rings is 1. The van der Waals surface area contributed by atoms with E-state index in [2.05, 4.69) is 9.97 Å². The molecule has 1 atom stereocenters. The average molecular weight is 380 g/mol. The van der Waals surface area contributed by atoms with E-state index < -0.39 is 27.5 Å². The fourth-order valence-electron chi connectivity index (χ4n) is 3.96. The Kier molecular flexibility index (Phi) is 3.87. The van der Waals surface area contributed by atoms with Gasteiger partial charge in [-0.1, -0.05) is 30.3 Å². The van der Waals surface area contributed by atoms with E-state index in [1.54, 1.807) is 6.07 Å². The first kappa shape index (κ1) is 17.4. The van der Waals surface area contributed by atoms with Crippen LogP contribution in [0, 0.1) is 5.41 Å². The van der Waals surface area contributed by atoms with Crippen LogP contribution in [0.1, 0.15) is 24.6 Å². The van der Waals surface area contributed by atoms with Crippen molar-refractivity contribution in [2.24, 2.45) is 10.6 Å². The normalized spacial score (nSPS) is 24.5. The van der Waals surface area contributed by atoms with Gasteiger partial charge in [0.2, 0.25) is 0 Å².